The lowest BCUT2D eigenvalue weighted by atomic mass is 10.1. The number of amides is 2. The SMILES string of the molecule is CN(C)C=NC1=CC(=O)CC(=O)N1c1ccc(I)cc1F.CN(C)C=Nc1cc(=O)n(C[C@H]2COC(C)(C)O2)c(=O)n1-c1ccc(I)cc1F.CNc1cc(=O)n(C[C@H]2COC(C)(C)O2)c(=O)n1-c1ccc(I)cc1F.Cc1c(F)cccc1Oc1cc(=O)n(C)c(Nc2ccc(I)cc2F)c1C(=O)NC[C@H](O)CO.Cn1c(=O)cc(O)c2c(=O)n(C[C@H]3COC(C)(C)O3)c(=O)n(-c3ccc(I)cc3F)c21. The quantitative estimate of drug-likeness (QED) is 0.0114. The summed E-state index contributed by atoms with van der Waals surface area (Å²) in [7, 11) is 11.3. The molecule has 37 nitrogen and oxygen atoms in total. The molecule has 0 bridgehead atoms. The Morgan fingerprint density at radius 2 is 0.993 bits per heavy atom. The maximum atomic E-state index is 14.9. The van der Waals surface area contributed by atoms with E-state index in [9.17, 15) is 89.3 Å². The first-order valence-corrected chi connectivity index (χ1v) is 47.9. The highest BCUT2D eigenvalue weighted by molar-refractivity contribution is 14.1. The van der Waals surface area contributed by atoms with Gasteiger partial charge in [0.1, 0.15) is 110 Å². The zero-order chi connectivity index (χ0) is 104. The Bertz CT molecular complexity index is 7280. The van der Waals surface area contributed by atoms with Gasteiger partial charge in [0.2, 0.25) is 5.91 Å². The van der Waals surface area contributed by atoms with Gasteiger partial charge >= 0.3 is 17.1 Å². The number of hydrogen-bond acceptors (Lipinski definition) is 25. The molecule has 6 N–H and O–H groups in total. The van der Waals surface area contributed by atoms with Crippen LogP contribution in [-0.4, -0.2) is 202 Å². The molecule has 0 aliphatic carbocycles. The summed E-state index contributed by atoms with van der Waals surface area (Å²) in [6.07, 6.45) is 1.11. The molecule has 4 atom stereocenters. The summed E-state index contributed by atoms with van der Waals surface area (Å²) in [5.41, 5.74) is -5.52. The lowest BCUT2D eigenvalue weighted by Gasteiger charge is -2.26. The number of fused-ring (bicyclic) bond motifs is 1. The zero-order valence-electron chi connectivity index (χ0n) is 77.8. The van der Waals surface area contributed by atoms with Crippen molar-refractivity contribution >= 4 is 183 Å². The summed E-state index contributed by atoms with van der Waals surface area (Å²) >= 11 is 9.82. The first-order chi connectivity index (χ1) is 66.3. The van der Waals surface area contributed by atoms with Crippen molar-refractivity contribution in [3.05, 3.63) is 292 Å². The van der Waals surface area contributed by atoms with Gasteiger partial charge in [-0.2, -0.15) is 0 Å². The van der Waals surface area contributed by atoms with Gasteiger partial charge in [-0.15, -0.1) is 0 Å². The molecule has 3 fully saturated rings. The largest absolute Gasteiger partial charge is 0.507 e. The van der Waals surface area contributed by atoms with E-state index in [-0.39, 0.29) is 144 Å². The number of aliphatic imine (C=N–C) groups is 2. The molecule has 3 saturated heterocycles. The first kappa shape index (κ1) is 110. The second-order valence-electron chi connectivity index (χ2n) is 33.5. The van der Waals surface area contributed by atoms with Crippen LogP contribution in [0.4, 0.5) is 55.2 Å². The molecule has 0 unspecified atom stereocenters. The number of ether oxygens (including phenoxy) is 7. The van der Waals surface area contributed by atoms with Gasteiger partial charge in [-0.1, -0.05) is 6.07 Å². The lowest BCUT2D eigenvalue weighted by molar-refractivity contribution is -0.140. The third-order valence-corrected chi connectivity index (χ3v) is 24.3. The number of nitrogens with one attached hydrogen (secondary N) is 3. The van der Waals surface area contributed by atoms with E-state index in [1.54, 1.807) is 117 Å². The number of carbonyl (C=O) groups excluding carboxylic acids is 3. The fraction of sp³-hybridized carbons (Fsp3) is 0.323. The Labute approximate surface area is 867 Å². The van der Waals surface area contributed by atoms with Crippen molar-refractivity contribution < 1.29 is 89.2 Å². The molecule has 0 spiro atoms. The van der Waals surface area contributed by atoms with Crippen LogP contribution in [0.1, 0.15) is 63.9 Å². The van der Waals surface area contributed by atoms with Gasteiger partial charge in [-0.05, 0) is 265 Å². The van der Waals surface area contributed by atoms with Gasteiger partial charge in [-0.25, -0.2) is 64.4 Å². The van der Waals surface area contributed by atoms with E-state index in [1.807, 2.05) is 113 Å². The van der Waals surface area contributed by atoms with Crippen LogP contribution in [0.2, 0.25) is 0 Å². The summed E-state index contributed by atoms with van der Waals surface area (Å²) in [5, 5.41) is 36.8. The molecule has 15 rings (SSSR count). The summed E-state index contributed by atoms with van der Waals surface area (Å²) in [6, 6.07) is 30.6. The van der Waals surface area contributed by atoms with Crippen LogP contribution >= 0.6 is 113 Å². The Hall–Kier alpha value is -11.1. The van der Waals surface area contributed by atoms with Gasteiger partial charge in [0.05, 0.1) is 99.7 Å². The number of benzene rings is 6. The van der Waals surface area contributed by atoms with Gasteiger partial charge in [0.25, 0.3) is 33.7 Å². The van der Waals surface area contributed by atoms with Crippen molar-refractivity contribution in [2.24, 2.45) is 24.1 Å². The second-order valence-corrected chi connectivity index (χ2v) is 39.7. The number of carbonyl (C=O) groups is 3. The Morgan fingerprint density at radius 3 is 1.47 bits per heavy atom. The number of aryl methyl sites for hydroxylation is 1. The number of rotatable bonds is 23. The van der Waals surface area contributed by atoms with Crippen molar-refractivity contribution in [3.63, 3.8) is 0 Å². The van der Waals surface area contributed by atoms with Crippen LogP contribution in [0.3, 0.4) is 0 Å². The van der Waals surface area contributed by atoms with Crippen LogP contribution in [0.15, 0.2) is 194 Å². The number of aliphatic hydroxyl groups is 2. The monoisotopic (exact) mass is 2520 g/mol. The molecule has 141 heavy (non-hydrogen) atoms. The number of nitrogens with zero attached hydrogens (tertiary/aromatic N) is 13. The molecular weight excluding hydrogens is 2430 g/mol. The molecule has 5 aromatic heterocycles. The number of ketones is 1. The Morgan fingerprint density at radius 1 is 0.546 bits per heavy atom. The topological polar surface area (TPSA) is 423 Å². The molecule has 0 saturated carbocycles. The van der Waals surface area contributed by atoms with E-state index in [0.717, 1.165) is 57.1 Å². The molecule has 750 valence electrons. The molecule has 6 aromatic carbocycles. The molecule has 11 aromatic rings. The summed E-state index contributed by atoms with van der Waals surface area (Å²) in [5.74, 6) is -8.06. The number of hydrogen-bond donors (Lipinski definition) is 6. The normalized spacial score (nSPS) is 16.4. The highest BCUT2D eigenvalue weighted by Gasteiger charge is 2.39. The molecule has 4 aliphatic rings. The van der Waals surface area contributed by atoms with E-state index < -0.39 is 146 Å². The van der Waals surface area contributed by atoms with Gasteiger partial charge in [0, 0.05) is 110 Å². The molecule has 0 radical (unpaired) electrons. The minimum atomic E-state index is -1.23. The zero-order valence-corrected chi connectivity index (χ0v) is 88.6. The molecular formula is C93H95F6I5N16O21. The predicted octanol–water partition coefficient (Wildman–Crippen LogP) is 10.9. The fourth-order valence-electron chi connectivity index (χ4n) is 14.3. The third-order valence-electron chi connectivity index (χ3n) is 21.0. The number of pyridine rings is 2. The van der Waals surface area contributed by atoms with Crippen LogP contribution in [0, 0.1) is 59.7 Å². The number of allylic oxidation sites excluding steroid dienone is 1. The smallest absolute Gasteiger partial charge is 0.337 e. The minimum absolute atomic E-state index is 0.000977. The number of anilines is 4. The van der Waals surface area contributed by atoms with Crippen LogP contribution in [-0.2, 0) is 71.7 Å². The standard InChI is InChI=1S/C23H22F2IN3O5.C20H19FIN3O6.C19H22FIN4O4.C17H19FIN3O4.C14H13FIN3O2/c1-12-15(24)4-3-5-18(12)34-19-9-20(32)29(2)22(21(19)23(33)27-10-14(31)11-30)28-17-7-6-13(26)8-16(17)25;1-20(2)30-9-11(31-20)8-24-18(28)16-14(26)7-15(27)23(3)17(16)25(19(24)29)13-5-4-10(22)6-12(13)21;1-19(2)28-10-13(29-19)9-24-17(26)8-16(22-11-23(3)4)25(18(24)27)15-6-5-12(21)7-14(15)20;1-17(2)25-9-11(26-17)8-21-15(23)7-14(20-3)22(16(21)24)13-5-4-10(19)6-12(13)18;1-18(2)8-17-13-6-10(20)7-14(21)19(13)12-4-3-9(16)5-11(12)15/h3-9,14,28,30-31H,10-11H2,1-2H3,(H,27,33);4-7,11,26H,8-9H2,1-3H3;5-8,11,13H,9-10H2,1-4H3;4-7,11,20H,8-9H2,1-3H3;3-6,8H,7H2,1-2H3/t14-;11-;13-;11-;/m0000./s1. The molecule has 4 aliphatic heterocycles. The average Bonchev–Trinajstić information content (AvgIpc) is 1.46. The molecule has 2 amide bonds. The van der Waals surface area contributed by atoms with Gasteiger partial charge in [-0.3, -0.25) is 66.1 Å². The van der Waals surface area contributed by atoms with Crippen molar-refractivity contribution in [1.29, 1.82) is 0 Å². The van der Waals surface area contributed by atoms with E-state index in [0.29, 0.717) is 14.3 Å². The Kier molecular flexibility index (Phi) is 36.7. The van der Waals surface area contributed by atoms with Crippen LogP contribution < -0.4 is 70.5 Å². The first-order valence-electron chi connectivity index (χ1n) is 42.5. The van der Waals surface area contributed by atoms with Gasteiger partial charge < -0.3 is 74.2 Å². The van der Waals surface area contributed by atoms with E-state index in [2.05, 4.69) is 25.9 Å². The lowest BCUT2D eigenvalue weighted by Crippen LogP contribution is -2.44. The van der Waals surface area contributed by atoms with Gasteiger partial charge in [0.15, 0.2) is 23.1 Å². The number of aromatic hydroxyl groups is 1. The number of aromatic nitrogens is 8. The highest BCUT2D eigenvalue weighted by Crippen LogP contribution is 2.37. The number of aliphatic hydroxyl groups excluding tert-OH is 2. The highest BCUT2D eigenvalue weighted by atomic mass is 127. The van der Waals surface area contributed by atoms with Crippen molar-refractivity contribution in [3.8, 4) is 34.3 Å². The summed E-state index contributed by atoms with van der Waals surface area (Å²) in [6.45, 7) is 11.5. The average molecular weight is 2520 g/mol. The maximum absolute atomic E-state index is 14.9. The minimum Gasteiger partial charge on any atom is -0.507 e. The fourth-order valence-corrected chi connectivity index (χ4v) is 16.6. The van der Waals surface area contributed by atoms with Crippen LogP contribution in [0.5, 0.6) is 17.2 Å². The van der Waals surface area contributed by atoms with Crippen molar-refractivity contribution in [2.75, 3.05) is 83.7 Å². The number of halogens is 11. The summed E-state index contributed by atoms with van der Waals surface area (Å²) in [4.78, 5) is 152. The van der Waals surface area contributed by atoms with E-state index >= 15 is 0 Å². The maximum Gasteiger partial charge on any atom is 0.337 e. The molecule has 9 heterocycles. The van der Waals surface area contributed by atoms with Crippen molar-refractivity contribution in [2.45, 2.75) is 116 Å². The van der Waals surface area contributed by atoms with Crippen LogP contribution in [0.25, 0.3) is 28.1 Å². The predicted molar refractivity (Wildman–Crippen MR) is 555 cm³/mol. The van der Waals surface area contributed by atoms with E-state index in [4.69, 9.17) is 38.3 Å². The van der Waals surface area contributed by atoms with Crippen molar-refractivity contribution in [1.82, 2.24) is 51.7 Å². The summed E-state index contributed by atoms with van der Waals surface area (Å²) < 4.78 is 138. The second kappa shape index (κ2) is 47.0. The Balaban J connectivity index is 0.000000170. The van der Waals surface area contributed by atoms with E-state index in [1.165, 1.54) is 131 Å². The third kappa shape index (κ3) is 27.3. The molecule has 48 heteroatoms.